The largest absolute Gasteiger partial charge is 0.490 e. The first-order valence-electron chi connectivity index (χ1n) is 11.2. The summed E-state index contributed by atoms with van der Waals surface area (Å²) in [5.74, 6) is 2.08. The van der Waals surface area contributed by atoms with Gasteiger partial charge in [0.15, 0.2) is 11.5 Å². The maximum absolute atomic E-state index is 6.66. The molecule has 0 bridgehead atoms. The van der Waals surface area contributed by atoms with Crippen molar-refractivity contribution in [3.63, 3.8) is 0 Å². The fraction of sp³-hybridized carbons (Fsp3) is 0.480. The van der Waals surface area contributed by atoms with Gasteiger partial charge in [-0.05, 0) is 36.1 Å². The van der Waals surface area contributed by atoms with Crippen LogP contribution in [0.15, 0.2) is 47.6 Å². The fourth-order valence-electron chi connectivity index (χ4n) is 4.32. The molecule has 0 spiro atoms. The fourth-order valence-corrected chi connectivity index (χ4v) is 4.60. The number of likely N-dealkylation sites (tertiary alicyclic amines) is 1. The maximum Gasteiger partial charge on any atom is 0.179 e. The molecule has 2 unspecified atom stereocenters. The minimum atomic E-state index is 0.0874. The van der Waals surface area contributed by atoms with Gasteiger partial charge in [0.1, 0.15) is 0 Å². The monoisotopic (exact) mass is 441 g/mol. The number of rotatable bonds is 8. The molecule has 166 valence electrons. The molecule has 2 heterocycles. The van der Waals surface area contributed by atoms with Crippen LogP contribution in [0.25, 0.3) is 0 Å². The molecular formula is C25H32ClN3O2. The Morgan fingerprint density at radius 2 is 2.00 bits per heavy atom. The Labute approximate surface area is 190 Å². The van der Waals surface area contributed by atoms with Gasteiger partial charge in [-0.25, -0.2) is 0 Å². The molecule has 1 N–H and O–H groups in total. The lowest BCUT2D eigenvalue weighted by atomic mass is 9.86. The summed E-state index contributed by atoms with van der Waals surface area (Å²) in [5, 5.41) is 5.26. The molecule has 1 fully saturated rings. The molecule has 31 heavy (non-hydrogen) atoms. The average molecular weight is 442 g/mol. The summed E-state index contributed by atoms with van der Waals surface area (Å²) in [6, 6.07) is 14.8. The molecule has 0 amide bonds. The topological polar surface area (TPSA) is 46.1 Å². The van der Waals surface area contributed by atoms with Gasteiger partial charge in [0.05, 0.1) is 24.3 Å². The third-order valence-electron chi connectivity index (χ3n) is 5.82. The Morgan fingerprint density at radius 3 is 2.74 bits per heavy atom. The number of nitrogens with one attached hydrogen (secondary N) is 1. The maximum atomic E-state index is 6.66. The van der Waals surface area contributed by atoms with Crippen molar-refractivity contribution in [2.75, 3.05) is 26.3 Å². The molecule has 0 radical (unpaired) electrons. The molecule has 0 saturated carbocycles. The van der Waals surface area contributed by atoms with Crippen molar-refractivity contribution in [3.05, 3.63) is 58.6 Å². The number of hydrogen-bond donors (Lipinski definition) is 1. The highest BCUT2D eigenvalue weighted by Crippen LogP contribution is 2.41. The van der Waals surface area contributed by atoms with Gasteiger partial charge >= 0.3 is 0 Å². The van der Waals surface area contributed by atoms with Crippen molar-refractivity contribution < 1.29 is 9.47 Å². The van der Waals surface area contributed by atoms with Crippen LogP contribution < -0.4 is 14.9 Å². The van der Waals surface area contributed by atoms with Gasteiger partial charge in [-0.1, -0.05) is 55.8 Å². The summed E-state index contributed by atoms with van der Waals surface area (Å²) in [6.45, 7) is 10.3. The van der Waals surface area contributed by atoms with Crippen molar-refractivity contribution in [2.24, 2.45) is 16.9 Å². The molecule has 2 aromatic carbocycles. The van der Waals surface area contributed by atoms with Crippen LogP contribution in [0.3, 0.4) is 0 Å². The minimum Gasteiger partial charge on any atom is -0.490 e. The van der Waals surface area contributed by atoms with Crippen molar-refractivity contribution >= 4 is 17.3 Å². The number of nitrogens with zero attached hydrogens (tertiary/aromatic N) is 2. The van der Waals surface area contributed by atoms with Crippen LogP contribution in [0, 0.1) is 11.8 Å². The highest BCUT2D eigenvalue weighted by atomic mass is 35.5. The first-order chi connectivity index (χ1) is 15.0. The average Bonchev–Trinajstić information content (AvgIpc) is 3.17. The first-order valence-corrected chi connectivity index (χ1v) is 11.6. The third kappa shape index (κ3) is 5.16. The van der Waals surface area contributed by atoms with Gasteiger partial charge in [0.2, 0.25) is 0 Å². The molecule has 0 aromatic heterocycles. The summed E-state index contributed by atoms with van der Waals surface area (Å²) in [6.07, 6.45) is 0.989. The second-order valence-electron chi connectivity index (χ2n) is 8.75. The molecule has 1 saturated heterocycles. The summed E-state index contributed by atoms with van der Waals surface area (Å²) in [7, 11) is 0. The summed E-state index contributed by atoms with van der Waals surface area (Å²) < 4.78 is 11.9. The Kier molecular flexibility index (Phi) is 7.03. The second kappa shape index (κ2) is 9.92. The van der Waals surface area contributed by atoms with Gasteiger partial charge in [0, 0.05) is 37.7 Å². The first kappa shape index (κ1) is 22.0. The van der Waals surface area contributed by atoms with E-state index in [4.69, 9.17) is 21.1 Å². The van der Waals surface area contributed by atoms with Crippen molar-refractivity contribution in [1.29, 1.82) is 0 Å². The molecule has 6 heteroatoms. The molecule has 0 aliphatic carbocycles. The van der Waals surface area contributed by atoms with E-state index in [0.29, 0.717) is 41.6 Å². The van der Waals surface area contributed by atoms with Gasteiger partial charge in [0.25, 0.3) is 0 Å². The van der Waals surface area contributed by atoms with E-state index in [9.17, 15) is 0 Å². The standard InChI is InChI=1S/C25H32ClN3O2/c1-4-30-23-13-19(12-21(26)25(23)31-16-17(2)3)24-20-15-29(11-10-22(20)27-28-24)14-18-8-6-5-7-9-18/h5-9,12-13,17,20,24,28H,4,10-11,14-16H2,1-3H3. The van der Waals surface area contributed by atoms with Crippen molar-refractivity contribution in [1.82, 2.24) is 10.3 Å². The van der Waals surface area contributed by atoms with Gasteiger partial charge < -0.3 is 14.9 Å². The van der Waals surface area contributed by atoms with Crippen LogP contribution in [-0.2, 0) is 6.54 Å². The van der Waals surface area contributed by atoms with Crippen LogP contribution in [0.1, 0.15) is 44.4 Å². The zero-order valence-electron chi connectivity index (χ0n) is 18.6. The molecular weight excluding hydrogens is 410 g/mol. The number of fused-ring (bicyclic) bond motifs is 1. The molecule has 2 aromatic rings. The third-order valence-corrected chi connectivity index (χ3v) is 6.10. The van der Waals surface area contributed by atoms with E-state index in [2.05, 4.69) is 65.7 Å². The smallest absolute Gasteiger partial charge is 0.179 e. The molecule has 5 nitrogen and oxygen atoms in total. The van der Waals surface area contributed by atoms with E-state index in [0.717, 1.165) is 31.6 Å². The second-order valence-corrected chi connectivity index (χ2v) is 9.16. The Balaban J connectivity index is 1.53. The zero-order chi connectivity index (χ0) is 21.8. The van der Waals surface area contributed by atoms with Crippen LogP contribution in [0.4, 0.5) is 0 Å². The van der Waals surface area contributed by atoms with Gasteiger partial charge in [-0.15, -0.1) is 0 Å². The molecule has 2 atom stereocenters. The van der Waals surface area contributed by atoms with Gasteiger partial charge in [-0.2, -0.15) is 5.10 Å². The molecule has 4 rings (SSSR count). The number of halogens is 1. The molecule has 2 aliphatic heterocycles. The summed E-state index contributed by atoms with van der Waals surface area (Å²) >= 11 is 6.66. The lowest BCUT2D eigenvalue weighted by Gasteiger charge is -2.33. The van der Waals surface area contributed by atoms with E-state index in [1.54, 1.807) is 0 Å². The van der Waals surface area contributed by atoms with Crippen LogP contribution in [-0.4, -0.2) is 36.9 Å². The highest BCUT2D eigenvalue weighted by molar-refractivity contribution is 6.32. The van der Waals surface area contributed by atoms with Crippen LogP contribution in [0.5, 0.6) is 11.5 Å². The van der Waals surface area contributed by atoms with E-state index in [1.807, 2.05) is 13.0 Å². The summed E-state index contributed by atoms with van der Waals surface area (Å²) in [5.41, 5.74) is 7.06. The number of benzene rings is 2. The van der Waals surface area contributed by atoms with E-state index >= 15 is 0 Å². The zero-order valence-corrected chi connectivity index (χ0v) is 19.4. The SMILES string of the molecule is CCOc1cc(C2NN=C3CCN(Cc4ccccc4)CC32)cc(Cl)c1OCC(C)C. The minimum absolute atomic E-state index is 0.0874. The van der Waals surface area contributed by atoms with Crippen molar-refractivity contribution in [3.8, 4) is 11.5 Å². The van der Waals surface area contributed by atoms with E-state index in [-0.39, 0.29) is 6.04 Å². The molecule has 2 aliphatic rings. The number of hydrogen-bond acceptors (Lipinski definition) is 5. The quantitative estimate of drug-likeness (QED) is 0.604. The summed E-state index contributed by atoms with van der Waals surface area (Å²) in [4.78, 5) is 2.52. The lowest BCUT2D eigenvalue weighted by Crippen LogP contribution is -2.41. The van der Waals surface area contributed by atoms with E-state index in [1.165, 1.54) is 11.3 Å². The number of ether oxygens (including phenoxy) is 2. The van der Waals surface area contributed by atoms with Crippen molar-refractivity contribution in [2.45, 2.75) is 39.8 Å². The number of hydrazone groups is 1. The Morgan fingerprint density at radius 1 is 1.19 bits per heavy atom. The predicted molar refractivity (Wildman–Crippen MR) is 126 cm³/mol. The Hall–Kier alpha value is -2.24. The van der Waals surface area contributed by atoms with Gasteiger partial charge in [-0.3, -0.25) is 4.90 Å². The lowest BCUT2D eigenvalue weighted by molar-refractivity contribution is 0.219. The Bertz CT molecular complexity index is 916. The van der Waals surface area contributed by atoms with Crippen LogP contribution >= 0.6 is 11.6 Å². The highest BCUT2D eigenvalue weighted by Gasteiger charge is 2.37. The predicted octanol–water partition coefficient (Wildman–Crippen LogP) is 5.30. The normalized spacial score (nSPS) is 20.9. The number of piperidine rings is 1. The van der Waals surface area contributed by atoms with Crippen LogP contribution in [0.2, 0.25) is 5.02 Å². The van der Waals surface area contributed by atoms with E-state index < -0.39 is 0 Å².